The van der Waals surface area contributed by atoms with Crippen molar-refractivity contribution in [3.05, 3.63) is 49.9 Å². The van der Waals surface area contributed by atoms with E-state index in [0.717, 1.165) is 15.2 Å². The number of guanidine groups is 1. The molecule has 2 aromatic rings. The molecule has 1 amide bonds. The first-order valence-electron chi connectivity index (χ1n) is 7.90. The fourth-order valence-electron chi connectivity index (χ4n) is 2.05. The van der Waals surface area contributed by atoms with Crippen molar-refractivity contribution in [1.82, 2.24) is 20.9 Å². The van der Waals surface area contributed by atoms with Crippen LogP contribution in [0, 0.1) is 13.8 Å². The average molecular weight is 552 g/mol. The number of amides is 1. The molecular formula is C17H23BrIN5OS. The Bertz CT molecular complexity index is 729. The number of nitrogens with zero attached hydrogens (tertiary/aromatic N) is 2. The van der Waals surface area contributed by atoms with Gasteiger partial charge < -0.3 is 16.0 Å². The minimum atomic E-state index is -0.0917. The summed E-state index contributed by atoms with van der Waals surface area (Å²) in [4.78, 5) is 21.9. The predicted molar refractivity (Wildman–Crippen MR) is 122 cm³/mol. The van der Waals surface area contributed by atoms with Crippen LogP contribution < -0.4 is 16.0 Å². The minimum Gasteiger partial charge on any atom is -0.355 e. The van der Waals surface area contributed by atoms with Crippen LogP contribution in [0.1, 0.15) is 25.9 Å². The van der Waals surface area contributed by atoms with Crippen molar-refractivity contribution in [2.45, 2.75) is 20.4 Å². The zero-order valence-electron chi connectivity index (χ0n) is 14.9. The van der Waals surface area contributed by atoms with Crippen LogP contribution in [0.2, 0.25) is 0 Å². The summed E-state index contributed by atoms with van der Waals surface area (Å²) in [7, 11) is 1.72. The topological polar surface area (TPSA) is 78.4 Å². The number of aryl methyl sites for hydroxylation is 2. The zero-order valence-corrected chi connectivity index (χ0v) is 19.7. The van der Waals surface area contributed by atoms with Crippen molar-refractivity contribution in [3.63, 3.8) is 0 Å². The van der Waals surface area contributed by atoms with Gasteiger partial charge in [0.1, 0.15) is 5.01 Å². The van der Waals surface area contributed by atoms with Gasteiger partial charge in [-0.05, 0) is 38.1 Å². The van der Waals surface area contributed by atoms with Gasteiger partial charge in [0.05, 0.1) is 12.2 Å². The molecule has 1 aromatic carbocycles. The van der Waals surface area contributed by atoms with Gasteiger partial charge in [0.25, 0.3) is 5.91 Å². The predicted octanol–water partition coefficient (Wildman–Crippen LogP) is 3.24. The Kier molecular flexibility index (Phi) is 10.1. The van der Waals surface area contributed by atoms with E-state index in [4.69, 9.17) is 0 Å². The molecule has 2 rings (SSSR count). The van der Waals surface area contributed by atoms with E-state index in [0.29, 0.717) is 31.2 Å². The van der Waals surface area contributed by atoms with Crippen molar-refractivity contribution in [2.75, 3.05) is 20.1 Å². The van der Waals surface area contributed by atoms with Gasteiger partial charge in [-0.15, -0.1) is 35.3 Å². The Hall–Kier alpha value is -1.20. The highest BCUT2D eigenvalue weighted by atomic mass is 127. The summed E-state index contributed by atoms with van der Waals surface area (Å²) in [6.45, 7) is 5.79. The lowest BCUT2D eigenvalue weighted by atomic mass is 10.2. The number of halogens is 2. The highest BCUT2D eigenvalue weighted by Crippen LogP contribution is 2.15. The monoisotopic (exact) mass is 551 g/mol. The number of hydrogen-bond donors (Lipinski definition) is 3. The molecule has 0 atom stereocenters. The van der Waals surface area contributed by atoms with E-state index in [1.807, 2.05) is 19.1 Å². The maximum atomic E-state index is 12.0. The maximum Gasteiger partial charge on any atom is 0.251 e. The van der Waals surface area contributed by atoms with Crippen LogP contribution in [0.15, 0.2) is 33.7 Å². The van der Waals surface area contributed by atoms with Gasteiger partial charge in [0.2, 0.25) is 0 Å². The molecule has 0 saturated carbocycles. The number of aromatic nitrogens is 1. The Labute approximate surface area is 183 Å². The van der Waals surface area contributed by atoms with Crippen LogP contribution in [0.4, 0.5) is 0 Å². The van der Waals surface area contributed by atoms with Crippen molar-refractivity contribution in [1.29, 1.82) is 0 Å². The molecule has 6 nitrogen and oxygen atoms in total. The Morgan fingerprint density at radius 2 is 1.81 bits per heavy atom. The van der Waals surface area contributed by atoms with E-state index >= 15 is 0 Å². The molecule has 1 heterocycles. The third-order valence-corrected chi connectivity index (χ3v) is 5.11. The quantitative estimate of drug-likeness (QED) is 0.223. The second-order valence-electron chi connectivity index (χ2n) is 5.36. The Balaban J connectivity index is 0.00000338. The van der Waals surface area contributed by atoms with Crippen LogP contribution >= 0.6 is 51.2 Å². The van der Waals surface area contributed by atoms with E-state index in [9.17, 15) is 4.79 Å². The van der Waals surface area contributed by atoms with E-state index in [2.05, 4.69) is 48.8 Å². The summed E-state index contributed by atoms with van der Waals surface area (Å²) in [5, 5.41) is 10.3. The lowest BCUT2D eigenvalue weighted by Gasteiger charge is -2.11. The minimum absolute atomic E-state index is 0. The summed E-state index contributed by atoms with van der Waals surface area (Å²) in [6, 6.07) is 7.26. The normalized spacial score (nSPS) is 10.8. The molecule has 0 fully saturated rings. The fraction of sp³-hybridized carbons (Fsp3) is 0.353. The molecule has 0 radical (unpaired) electrons. The molecule has 0 bridgehead atoms. The van der Waals surface area contributed by atoms with E-state index in [1.54, 1.807) is 30.5 Å². The summed E-state index contributed by atoms with van der Waals surface area (Å²) in [5.41, 5.74) is 1.71. The number of rotatable bonds is 6. The highest BCUT2D eigenvalue weighted by molar-refractivity contribution is 14.0. The van der Waals surface area contributed by atoms with Gasteiger partial charge in [-0.25, -0.2) is 4.98 Å². The van der Waals surface area contributed by atoms with Gasteiger partial charge >= 0.3 is 0 Å². The molecule has 3 N–H and O–H groups in total. The first-order chi connectivity index (χ1) is 12.0. The van der Waals surface area contributed by atoms with E-state index < -0.39 is 0 Å². The van der Waals surface area contributed by atoms with Gasteiger partial charge in [-0.2, -0.15) is 0 Å². The largest absolute Gasteiger partial charge is 0.355 e. The summed E-state index contributed by atoms with van der Waals surface area (Å²) < 4.78 is 0.950. The summed E-state index contributed by atoms with van der Waals surface area (Å²) >= 11 is 5.03. The highest BCUT2D eigenvalue weighted by Gasteiger charge is 2.06. The van der Waals surface area contributed by atoms with Gasteiger partial charge in [-0.1, -0.05) is 15.9 Å². The van der Waals surface area contributed by atoms with Crippen molar-refractivity contribution >= 4 is 63.1 Å². The average Bonchev–Trinajstić information content (AvgIpc) is 2.92. The van der Waals surface area contributed by atoms with Crippen LogP contribution in [-0.4, -0.2) is 37.0 Å². The zero-order chi connectivity index (χ0) is 18.2. The van der Waals surface area contributed by atoms with Gasteiger partial charge in [-0.3, -0.25) is 9.79 Å². The molecule has 26 heavy (non-hydrogen) atoms. The third-order valence-electron chi connectivity index (χ3n) is 3.51. The number of hydrogen-bond acceptors (Lipinski definition) is 4. The molecule has 142 valence electrons. The maximum absolute atomic E-state index is 12.0. The standard InChI is InChI=1S/C17H22BrN5OS.HI/c1-11-12(2)25-15(23-11)10-22-17(19-3)21-9-8-20-16(24)13-4-6-14(18)7-5-13;/h4-7H,8-10H2,1-3H3,(H,20,24)(H2,19,21,22);1H. The number of nitrogens with one attached hydrogen (secondary N) is 3. The number of benzene rings is 1. The number of thiazole rings is 1. The molecule has 0 aliphatic rings. The summed E-state index contributed by atoms with van der Waals surface area (Å²) in [5.74, 6) is 0.592. The number of aliphatic imine (C=N–C) groups is 1. The van der Waals surface area contributed by atoms with Crippen LogP contribution in [0.5, 0.6) is 0 Å². The second-order valence-corrected chi connectivity index (χ2v) is 7.57. The smallest absolute Gasteiger partial charge is 0.251 e. The second kappa shape index (κ2) is 11.5. The molecule has 9 heteroatoms. The third kappa shape index (κ3) is 7.20. The van der Waals surface area contributed by atoms with Crippen LogP contribution in [0.3, 0.4) is 0 Å². The van der Waals surface area contributed by atoms with Gasteiger partial charge in [0.15, 0.2) is 5.96 Å². The lowest BCUT2D eigenvalue weighted by Crippen LogP contribution is -2.41. The molecule has 1 aromatic heterocycles. The SMILES string of the molecule is CN=C(NCCNC(=O)c1ccc(Br)cc1)NCc1nc(C)c(C)s1.I. The molecule has 0 unspecified atom stereocenters. The van der Waals surface area contributed by atoms with E-state index in [1.165, 1.54) is 4.88 Å². The Morgan fingerprint density at radius 1 is 1.15 bits per heavy atom. The van der Waals surface area contributed by atoms with Crippen LogP contribution in [0.25, 0.3) is 0 Å². The van der Waals surface area contributed by atoms with Crippen molar-refractivity contribution < 1.29 is 4.79 Å². The van der Waals surface area contributed by atoms with E-state index in [-0.39, 0.29) is 29.9 Å². The Morgan fingerprint density at radius 3 is 2.38 bits per heavy atom. The van der Waals surface area contributed by atoms with Crippen molar-refractivity contribution in [3.8, 4) is 0 Å². The molecule has 0 spiro atoms. The summed E-state index contributed by atoms with van der Waals surface area (Å²) in [6.07, 6.45) is 0. The van der Waals surface area contributed by atoms with Crippen molar-refractivity contribution in [2.24, 2.45) is 4.99 Å². The number of carbonyl (C=O) groups is 1. The molecule has 0 aliphatic carbocycles. The number of carbonyl (C=O) groups excluding carboxylic acids is 1. The lowest BCUT2D eigenvalue weighted by molar-refractivity contribution is 0.0954. The van der Waals surface area contributed by atoms with Crippen LogP contribution in [-0.2, 0) is 6.54 Å². The first-order valence-corrected chi connectivity index (χ1v) is 9.51. The molecule has 0 aliphatic heterocycles. The fourth-order valence-corrected chi connectivity index (χ4v) is 3.19. The first kappa shape index (κ1) is 22.8. The molecule has 0 saturated heterocycles. The molecular weight excluding hydrogens is 529 g/mol. The van der Waals surface area contributed by atoms with Gasteiger partial charge in [0, 0.05) is 35.1 Å².